The van der Waals surface area contributed by atoms with Crippen LogP contribution >= 0.6 is 11.3 Å². The topological polar surface area (TPSA) is 123 Å². The number of aliphatic hydroxyl groups is 1. The van der Waals surface area contributed by atoms with E-state index in [4.69, 9.17) is 10.3 Å². The van der Waals surface area contributed by atoms with Gasteiger partial charge in [0.25, 0.3) is 11.8 Å². The van der Waals surface area contributed by atoms with Crippen LogP contribution in [0.2, 0.25) is 0 Å². The van der Waals surface area contributed by atoms with E-state index in [1.165, 1.54) is 16.2 Å². The summed E-state index contributed by atoms with van der Waals surface area (Å²) in [7, 11) is 1.63. The van der Waals surface area contributed by atoms with Crippen LogP contribution in [0.3, 0.4) is 0 Å². The van der Waals surface area contributed by atoms with Gasteiger partial charge in [-0.1, -0.05) is 23.4 Å². The van der Waals surface area contributed by atoms with Crippen molar-refractivity contribution in [2.24, 2.45) is 5.73 Å². The Morgan fingerprint density at radius 2 is 2.07 bits per heavy atom. The maximum atomic E-state index is 12.2. The quantitative estimate of drug-likeness (QED) is 0.705. The molecule has 1 saturated heterocycles. The molecule has 1 aromatic carbocycles. The first-order chi connectivity index (χ1) is 12.9. The fourth-order valence-electron chi connectivity index (χ4n) is 3.05. The highest BCUT2D eigenvalue weighted by molar-refractivity contribution is 7.12. The number of aromatic nitrogens is 2. The molecular formula is C18H16N4O4S. The van der Waals surface area contributed by atoms with Gasteiger partial charge in [0.2, 0.25) is 5.60 Å². The van der Waals surface area contributed by atoms with Crippen molar-refractivity contribution in [3.8, 4) is 22.5 Å². The second-order valence-corrected chi connectivity index (χ2v) is 7.25. The molecule has 1 atom stereocenters. The van der Waals surface area contributed by atoms with E-state index in [0.29, 0.717) is 17.9 Å². The normalized spacial score (nSPS) is 19.6. The third-order valence-corrected chi connectivity index (χ3v) is 5.45. The van der Waals surface area contributed by atoms with Crippen LogP contribution in [0, 0.1) is 0 Å². The maximum absolute atomic E-state index is 12.2. The third-order valence-electron chi connectivity index (χ3n) is 4.60. The summed E-state index contributed by atoms with van der Waals surface area (Å²) in [5.41, 5.74) is 6.22. The van der Waals surface area contributed by atoms with Crippen LogP contribution < -0.4 is 5.73 Å². The molecule has 0 bridgehead atoms. The third kappa shape index (κ3) is 2.90. The van der Waals surface area contributed by atoms with Gasteiger partial charge in [0.1, 0.15) is 5.69 Å². The van der Waals surface area contributed by atoms with Gasteiger partial charge < -0.3 is 20.3 Å². The minimum atomic E-state index is -1.68. The molecular weight excluding hydrogens is 368 g/mol. The maximum Gasteiger partial charge on any atom is 0.277 e. The number of likely N-dealkylation sites (N-methyl/N-ethyl adjacent to an activating group) is 1. The van der Waals surface area contributed by atoms with E-state index in [9.17, 15) is 14.7 Å². The molecule has 0 spiro atoms. The summed E-state index contributed by atoms with van der Waals surface area (Å²) in [5.74, 6) is -0.842. The Morgan fingerprint density at radius 1 is 1.33 bits per heavy atom. The van der Waals surface area contributed by atoms with Crippen molar-refractivity contribution in [2.45, 2.75) is 12.0 Å². The standard InChI is InChI=1S/C18H16N4O4S/c1-22-6-5-18(25,17(22)24)14-8-12(21-26-14)10-3-2-4-11(7-10)13-9-27-16(20-13)15(19)23/h2-4,7-9,25H,5-6H2,1H3,(H2,19,23)/t18-/m1/s1. The second-order valence-electron chi connectivity index (χ2n) is 6.40. The molecule has 27 heavy (non-hydrogen) atoms. The SMILES string of the molecule is CN1CC[C@@](O)(c2cc(-c3cccc(-c4csc(C(N)=O)n4)c3)no2)C1=O. The molecule has 0 radical (unpaired) electrons. The smallest absolute Gasteiger partial charge is 0.277 e. The fourth-order valence-corrected chi connectivity index (χ4v) is 3.73. The van der Waals surface area contributed by atoms with Gasteiger partial charge in [0.05, 0.1) is 5.69 Å². The Bertz CT molecular complexity index is 1040. The number of primary amides is 1. The lowest BCUT2D eigenvalue weighted by atomic mass is 9.98. The van der Waals surface area contributed by atoms with E-state index < -0.39 is 17.4 Å². The first kappa shape index (κ1) is 17.4. The van der Waals surface area contributed by atoms with E-state index in [1.54, 1.807) is 18.5 Å². The van der Waals surface area contributed by atoms with Gasteiger partial charge in [-0.3, -0.25) is 9.59 Å². The van der Waals surface area contributed by atoms with Crippen molar-refractivity contribution in [2.75, 3.05) is 13.6 Å². The molecule has 3 N–H and O–H groups in total. The number of carbonyl (C=O) groups is 2. The van der Waals surface area contributed by atoms with Crippen molar-refractivity contribution in [1.29, 1.82) is 0 Å². The van der Waals surface area contributed by atoms with Crippen molar-refractivity contribution in [3.05, 3.63) is 46.5 Å². The van der Waals surface area contributed by atoms with E-state index in [2.05, 4.69) is 10.1 Å². The van der Waals surface area contributed by atoms with E-state index in [-0.39, 0.29) is 17.2 Å². The van der Waals surface area contributed by atoms with Gasteiger partial charge in [0.15, 0.2) is 10.8 Å². The number of likely N-dealkylation sites (tertiary alicyclic amines) is 1. The lowest BCUT2D eigenvalue weighted by Gasteiger charge is -2.16. The highest BCUT2D eigenvalue weighted by Crippen LogP contribution is 2.35. The lowest BCUT2D eigenvalue weighted by molar-refractivity contribution is -0.144. The zero-order valence-electron chi connectivity index (χ0n) is 14.4. The van der Waals surface area contributed by atoms with Crippen LogP contribution in [0.15, 0.2) is 40.2 Å². The number of benzene rings is 1. The molecule has 0 saturated carbocycles. The summed E-state index contributed by atoms with van der Waals surface area (Å²) in [5, 5.41) is 16.7. The summed E-state index contributed by atoms with van der Waals surface area (Å²) >= 11 is 1.18. The summed E-state index contributed by atoms with van der Waals surface area (Å²) < 4.78 is 5.28. The predicted molar refractivity (Wildman–Crippen MR) is 97.7 cm³/mol. The monoisotopic (exact) mass is 384 g/mol. The molecule has 0 aliphatic carbocycles. The first-order valence-corrected chi connectivity index (χ1v) is 9.08. The van der Waals surface area contributed by atoms with Gasteiger partial charge >= 0.3 is 0 Å². The van der Waals surface area contributed by atoms with Crippen LogP contribution in [0.5, 0.6) is 0 Å². The highest BCUT2D eigenvalue weighted by atomic mass is 32.1. The molecule has 1 aliphatic heterocycles. The lowest BCUT2D eigenvalue weighted by Crippen LogP contribution is -2.35. The average molecular weight is 384 g/mol. The van der Waals surface area contributed by atoms with Crippen LogP contribution in [-0.4, -0.2) is 45.6 Å². The van der Waals surface area contributed by atoms with Crippen molar-refractivity contribution < 1.29 is 19.2 Å². The largest absolute Gasteiger partial charge is 0.373 e. The molecule has 3 aromatic rings. The number of amides is 2. The van der Waals surface area contributed by atoms with Gasteiger partial charge in [-0.25, -0.2) is 4.98 Å². The first-order valence-electron chi connectivity index (χ1n) is 8.20. The molecule has 1 fully saturated rings. The van der Waals surface area contributed by atoms with Crippen LogP contribution in [0.4, 0.5) is 0 Å². The van der Waals surface area contributed by atoms with Gasteiger partial charge in [-0.15, -0.1) is 11.3 Å². The Balaban J connectivity index is 1.66. The Labute approximate surface area is 158 Å². The molecule has 138 valence electrons. The Kier molecular flexibility index (Phi) is 4.05. The minimum Gasteiger partial charge on any atom is -0.373 e. The summed E-state index contributed by atoms with van der Waals surface area (Å²) in [6, 6.07) is 8.93. The molecule has 2 amide bonds. The number of hydrogen-bond acceptors (Lipinski definition) is 7. The van der Waals surface area contributed by atoms with Crippen LogP contribution in [0.25, 0.3) is 22.5 Å². The predicted octanol–water partition coefficient (Wildman–Crippen LogP) is 1.61. The molecule has 3 heterocycles. The highest BCUT2D eigenvalue weighted by Gasteiger charge is 2.48. The average Bonchev–Trinajstić information content (AvgIpc) is 3.39. The number of thiazole rings is 1. The number of hydrogen-bond donors (Lipinski definition) is 2. The summed E-state index contributed by atoms with van der Waals surface area (Å²) in [6.45, 7) is 0.451. The fraction of sp³-hybridized carbons (Fsp3) is 0.222. The molecule has 4 rings (SSSR count). The number of nitrogens with zero attached hydrogens (tertiary/aromatic N) is 3. The summed E-state index contributed by atoms with van der Waals surface area (Å²) in [4.78, 5) is 29.1. The molecule has 0 unspecified atom stereocenters. The summed E-state index contributed by atoms with van der Waals surface area (Å²) in [6.07, 6.45) is 0.256. The number of rotatable bonds is 4. The number of nitrogens with two attached hydrogens (primary N) is 1. The van der Waals surface area contributed by atoms with E-state index in [0.717, 1.165) is 11.1 Å². The minimum absolute atomic E-state index is 0.127. The number of carbonyl (C=O) groups excluding carboxylic acids is 2. The molecule has 9 heteroatoms. The zero-order valence-corrected chi connectivity index (χ0v) is 15.2. The Hall–Kier alpha value is -3.04. The van der Waals surface area contributed by atoms with E-state index >= 15 is 0 Å². The van der Waals surface area contributed by atoms with E-state index in [1.807, 2.05) is 24.3 Å². The molecule has 1 aliphatic rings. The molecule has 8 nitrogen and oxygen atoms in total. The van der Waals surface area contributed by atoms with Gasteiger partial charge in [-0.05, 0) is 6.07 Å². The van der Waals surface area contributed by atoms with Crippen molar-refractivity contribution in [3.63, 3.8) is 0 Å². The van der Waals surface area contributed by atoms with Crippen molar-refractivity contribution >= 4 is 23.2 Å². The van der Waals surface area contributed by atoms with Crippen LogP contribution in [0.1, 0.15) is 22.0 Å². The molecule has 2 aromatic heterocycles. The van der Waals surface area contributed by atoms with Gasteiger partial charge in [-0.2, -0.15) is 0 Å². The Morgan fingerprint density at radius 3 is 2.70 bits per heavy atom. The van der Waals surface area contributed by atoms with Gasteiger partial charge in [0, 0.05) is 42.6 Å². The zero-order chi connectivity index (χ0) is 19.2. The van der Waals surface area contributed by atoms with Crippen LogP contribution in [-0.2, 0) is 10.4 Å². The van der Waals surface area contributed by atoms with Crippen molar-refractivity contribution in [1.82, 2.24) is 15.0 Å². The second kappa shape index (κ2) is 6.29.